The zero-order valence-corrected chi connectivity index (χ0v) is 13.0. The minimum atomic E-state index is -0.393. The normalized spacial score (nSPS) is 10.4. The third kappa shape index (κ3) is 4.95. The van der Waals surface area contributed by atoms with E-state index < -0.39 is 5.97 Å². The predicted molar refractivity (Wildman–Crippen MR) is 85.9 cm³/mol. The van der Waals surface area contributed by atoms with Crippen LogP contribution >= 0.6 is 0 Å². The van der Waals surface area contributed by atoms with Crippen molar-refractivity contribution in [2.75, 3.05) is 0 Å². The fraction of sp³-hybridized carbons (Fsp3) is 0.389. The van der Waals surface area contributed by atoms with E-state index in [0.717, 1.165) is 18.4 Å². The average Bonchev–Trinajstić information content (AvgIpc) is 2.56. The minimum absolute atomic E-state index is 0.0882. The summed E-state index contributed by atoms with van der Waals surface area (Å²) in [7, 11) is 0. The molecule has 0 radical (unpaired) electrons. The van der Waals surface area contributed by atoms with Crippen LogP contribution in [0.4, 0.5) is 0 Å². The summed E-state index contributed by atoms with van der Waals surface area (Å²) in [6.45, 7) is 2.21. The number of unbranched alkanes of at least 4 members (excludes halogenated alkanes) is 4. The Kier molecular flexibility index (Phi) is 6.55. The Labute approximate surface area is 131 Å². The molecular formula is C18H22N2O2. The van der Waals surface area contributed by atoms with E-state index >= 15 is 0 Å². The first-order chi connectivity index (χ1) is 10.8. The number of ether oxygens (including phenoxy) is 1. The molecule has 4 heteroatoms. The molecule has 0 N–H and O–H groups in total. The SMILES string of the molecule is CCCCCCCc1ccccc1C(=O)Oc1ncccn1. The largest absolute Gasteiger partial charge is 0.387 e. The van der Waals surface area contributed by atoms with E-state index in [4.69, 9.17) is 4.74 Å². The lowest BCUT2D eigenvalue weighted by atomic mass is 10.0. The number of hydrogen-bond acceptors (Lipinski definition) is 4. The molecule has 2 aromatic rings. The fourth-order valence-corrected chi connectivity index (χ4v) is 2.33. The van der Waals surface area contributed by atoms with Gasteiger partial charge in [-0.25, -0.2) is 14.8 Å². The quantitative estimate of drug-likeness (QED) is 0.541. The Hall–Kier alpha value is -2.23. The van der Waals surface area contributed by atoms with Gasteiger partial charge in [-0.3, -0.25) is 0 Å². The molecular weight excluding hydrogens is 276 g/mol. The van der Waals surface area contributed by atoms with Gasteiger partial charge in [-0.1, -0.05) is 50.8 Å². The van der Waals surface area contributed by atoms with E-state index in [0.29, 0.717) is 5.56 Å². The van der Waals surface area contributed by atoms with Crippen molar-refractivity contribution in [3.8, 4) is 6.01 Å². The van der Waals surface area contributed by atoms with Gasteiger partial charge in [-0.2, -0.15) is 0 Å². The Morgan fingerprint density at radius 3 is 2.50 bits per heavy atom. The van der Waals surface area contributed by atoms with Crippen molar-refractivity contribution in [3.63, 3.8) is 0 Å². The Bertz CT molecular complexity index is 585. The molecule has 0 spiro atoms. The molecule has 0 fully saturated rings. The van der Waals surface area contributed by atoms with Crippen molar-refractivity contribution in [1.82, 2.24) is 9.97 Å². The third-order valence-corrected chi connectivity index (χ3v) is 3.51. The van der Waals surface area contributed by atoms with Crippen LogP contribution in [0.25, 0.3) is 0 Å². The van der Waals surface area contributed by atoms with Gasteiger partial charge in [-0.05, 0) is 30.5 Å². The smallest absolute Gasteiger partial charge is 0.346 e. The maximum absolute atomic E-state index is 12.3. The first kappa shape index (κ1) is 16.1. The van der Waals surface area contributed by atoms with Crippen LogP contribution < -0.4 is 4.74 Å². The molecule has 116 valence electrons. The van der Waals surface area contributed by atoms with Gasteiger partial charge in [0.2, 0.25) is 0 Å². The van der Waals surface area contributed by atoms with Gasteiger partial charge >= 0.3 is 12.0 Å². The monoisotopic (exact) mass is 298 g/mol. The fourth-order valence-electron chi connectivity index (χ4n) is 2.33. The van der Waals surface area contributed by atoms with Crippen molar-refractivity contribution < 1.29 is 9.53 Å². The van der Waals surface area contributed by atoms with Gasteiger partial charge in [0.05, 0.1) is 5.56 Å². The van der Waals surface area contributed by atoms with Crippen LogP contribution in [0.5, 0.6) is 6.01 Å². The van der Waals surface area contributed by atoms with E-state index in [-0.39, 0.29) is 6.01 Å². The third-order valence-electron chi connectivity index (χ3n) is 3.51. The molecule has 0 saturated heterocycles. The topological polar surface area (TPSA) is 52.1 Å². The number of hydrogen-bond donors (Lipinski definition) is 0. The van der Waals surface area contributed by atoms with Crippen LogP contribution in [0.3, 0.4) is 0 Å². The standard InChI is InChI=1S/C18H22N2O2/c1-2-3-4-5-6-10-15-11-7-8-12-16(15)17(21)22-18-19-13-9-14-20-18/h7-9,11-14H,2-6,10H2,1H3. The number of nitrogens with zero attached hydrogens (tertiary/aromatic N) is 2. The lowest BCUT2D eigenvalue weighted by molar-refractivity contribution is 0.0718. The average molecular weight is 298 g/mol. The Balaban J connectivity index is 1.96. The molecule has 0 saturated carbocycles. The summed E-state index contributed by atoms with van der Waals surface area (Å²) >= 11 is 0. The Morgan fingerprint density at radius 2 is 1.73 bits per heavy atom. The van der Waals surface area contributed by atoms with E-state index in [1.54, 1.807) is 24.5 Å². The first-order valence-corrected chi connectivity index (χ1v) is 7.88. The number of carbonyl (C=O) groups is 1. The van der Waals surface area contributed by atoms with Gasteiger partial charge in [0.25, 0.3) is 0 Å². The summed E-state index contributed by atoms with van der Waals surface area (Å²) in [6, 6.07) is 9.36. The summed E-state index contributed by atoms with van der Waals surface area (Å²) in [6.07, 6.45) is 10.0. The molecule has 1 heterocycles. The second-order valence-corrected chi connectivity index (χ2v) is 5.24. The van der Waals surface area contributed by atoms with Crippen molar-refractivity contribution in [1.29, 1.82) is 0 Å². The molecule has 0 atom stereocenters. The highest BCUT2D eigenvalue weighted by atomic mass is 16.5. The molecule has 4 nitrogen and oxygen atoms in total. The van der Waals surface area contributed by atoms with Crippen LogP contribution in [0, 0.1) is 0 Å². The van der Waals surface area contributed by atoms with Crippen molar-refractivity contribution in [2.24, 2.45) is 0 Å². The highest BCUT2D eigenvalue weighted by Gasteiger charge is 2.14. The van der Waals surface area contributed by atoms with Crippen LogP contribution in [-0.2, 0) is 6.42 Å². The molecule has 2 rings (SSSR count). The Morgan fingerprint density at radius 1 is 1.00 bits per heavy atom. The number of rotatable bonds is 8. The second-order valence-electron chi connectivity index (χ2n) is 5.24. The molecule has 1 aromatic carbocycles. The molecule has 0 aliphatic heterocycles. The maximum atomic E-state index is 12.3. The predicted octanol–water partition coefficient (Wildman–Crippen LogP) is 4.21. The van der Waals surface area contributed by atoms with Crippen LogP contribution in [0.15, 0.2) is 42.7 Å². The number of esters is 1. The van der Waals surface area contributed by atoms with Gasteiger partial charge in [0.15, 0.2) is 0 Å². The zero-order valence-electron chi connectivity index (χ0n) is 13.0. The number of aromatic nitrogens is 2. The molecule has 0 aliphatic carbocycles. The highest BCUT2D eigenvalue weighted by molar-refractivity contribution is 5.92. The summed E-state index contributed by atoms with van der Waals surface area (Å²) in [4.78, 5) is 20.1. The molecule has 0 aliphatic rings. The van der Waals surface area contributed by atoms with Gasteiger partial charge in [-0.15, -0.1) is 0 Å². The molecule has 1 aromatic heterocycles. The van der Waals surface area contributed by atoms with Gasteiger partial charge in [0, 0.05) is 12.4 Å². The van der Waals surface area contributed by atoms with E-state index in [1.165, 1.54) is 25.7 Å². The van der Waals surface area contributed by atoms with Gasteiger partial charge < -0.3 is 4.74 Å². The van der Waals surface area contributed by atoms with E-state index in [2.05, 4.69) is 16.9 Å². The number of aryl methyl sites for hydroxylation is 1. The minimum Gasteiger partial charge on any atom is -0.387 e. The number of carbonyl (C=O) groups excluding carboxylic acids is 1. The van der Waals surface area contributed by atoms with Crippen LogP contribution in [-0.4, -0.2) is 15.9 Å². The van der Waals surface area contributed by atoms with Gasteiger partial charge in [0.1, 0.15) is 0 Å². The van der Waals surface area contributed by atoms with Crippen LogP contribution in [0.2, 0.25) is 0 Å². The lowest BCUT2D eigenvalue weighted by Crippen LogP contribution is -2.13. The first-order valence-electron chi connectivity index (χ1n) is 7.88. The van der Waals surface area contributed by atoms with E-state index in [1.807, 2.05) is 18.2 Å². The summed E-state index contributed by atoms with van der Waals surface area (Å²) < 4.78 is 5.22. The van der Waals surface area contributed by atoms with Crippen molar-refractivity contribution in [2.45, 2.75) is 45.4 Å². The zero-order chi connectivity index (χ0) is 15.6. The number of benzene rings is 1. The molecule has 0 amide bonds. The molecule has 0 bridgehead atoms. The van der Waals surface area contributed by atoms with Crippen molar-refractivity contribution >= 4 is 5.97 Å². The highest BCUT2D eigenvalue weighted by Crippen LogP contribution is 2.15. The second kappa shape index (κ2) is 8.93. The summed E-state index contributed by atoms with van der Waals surface area (Å²) in [5.41, 5.74) is 1.63. The summed E-state index contributed by atoms with van der Waals surface area (Å²) in [5.74, 6) is -0.393. The van der Waals surface area contributed by atoms with E-state index in [9.17, 15) is 4.79 Å². The summed E-state index contributed by atoms with van der Waals surface area (Å²) in [5, 5.41) is 0. The molecule has 22 heavy (non-hydrogen) atoms. The lowest BCUT2D eigenvalue weighted by Gasteiger charge is -2.08. The molecule has 0 unspecified atom stereocenters. The maximum Gasteiger partial charge on any atom is 0.346 e. The van der Waals surface area contributed by atoms with Crippen LogP contribution in [0.1, 0.15) is 54.9 Å². The van der Waals surface area contributed by atoms with Crippen molar-refractivity contribution in [3.05, 3.63) is 53.9 Å².